The van der Waals surface area contributed by atoms with E-state index in [2.05, 4.69) is 19.0 Å². The third kappa shape index (κ3) is 3.10. The standard InChI is InChI=1S/C16H25NO2/c1-17(2)12-14-7-4-5-10-16(14,18)13-8-6-9-15(11-13)19-3/h6,8-9,11,14,18H,4-5,7,10,12H2,1-3H3/t14?,16-/m0/s1. The number of benzene rings is 1. The Balaban J connectivity index is 2.30. The summed E-state index contributed by atoms with van der Waals surface area (Å²) < 4.78 is 5.29. The van der Waals surface area contributed by atoms with Crippen LogP contribution >= 0.6 is 0 Å². The van der Waals surface area contributed by atoms with E-state index in [4.69, 9.17) is 4.74 Å². The monoisotopic (exact) mass is 263 g/mol. The Morgan fingerprint density at radius 1 is 1.37 bits per heavy atom. The average molecular weight is 263 g/mol. The summed E-state index contributed by atoms with van der Waals surface area (Å²) in [6.45, 7) is 0.924. The summed E-state index contributed by atoms with van der Waals surface area (Å²) in [4.78, 5) is 2.17. The highest BCUT2D eigenvalue weighted by molar-refractivity contribution is 5.33. The van der Waals surface area contributed by atoms with Crippen molar-refractivity contribution in [3.05, 3.63) is 29.8 Å². The summed E-state index contributed by atoms with van der Waals surface area (Å²) in [5, 5.41) is 11.2. The van der Waals surface area contributed by atoms with Gasteiger partial charge in [-0.2, -0.15) is 0 Å². The van der Waals surface area contributed by atoms with Crippen LogP contribution in [-0.4, -0.2) is 37.8 Å². The fourth-order valence-electron chi connectivity index (χ4n) is 3.18. The minimum atomic E-state index is -0.711. The number of ether oxygens (including phenoxy) is 1. The van der Waals surface area contributed by atoms with Gasteiger partial charge in [-0.1, -0.05) is 25.0 Å². The minimum absolute atomic E-state index is 0.295. The second-order valence-corrected chi connectivity index (χ2v) is 5.86. The molecule has 3 nitrogen and oxygen atoms in total. The molecule has 106 valence electrons. The molecule has 3 heteroatoms. The predicted octanol–water partition coefficient (Wildman–Crippen LogP) is 2.63. The summed E-state index contributed by atoms with van der Waals surface area (Å²) in [6.07, 6.45) is 4.24. The first-order valence-electron chi connectivity index (χ1n) is 7.08. The zero-order valence-corrected chi connectivity index (χ0v) is 12.2. The molecule has 2 rings (SSSR count). The molecule has 0 radical (unpaired) electrons. The van der Waals surface area contributed by atoms with E-state index in [1.165, 1.54) is 6.42 Å². The molecule has 1 aromatic carbocycles. The summed E-state index contributed by atoms with van der Waals surface area (Å²) >= 11 is 0. The van der Waals surface area contributed by atoms with Crippen molar-refractivity contribution in [3.63, 3.8) is 0 Å². The molecule has 0 saturated heterocycles. The number of hydrogen-bond donors (Lipinski definition) is 1. The molecule has 0 heterocycles. The van der Waals surface area contributed by atoms with Crippen LogP contribution in [0.2, 0.25) is 0 Å². The molecule has 1 unspecified atom stereocenters. The topological polar surface area (TPSA) is 32.7 Å². The van der Waals surface area contributed by atoms with Crippen LogP contribution in [0.25, 0.3) is 0 Å². The van der Waals surface area contributed by atoms with Crippen molar-refractivity contribution in [2.24, 2.45) is 5.92 Å². The molecule has 0 spiro atoms. The Labute approximate surface area is 116 Å². The van der Waals surface area contributed by atoms with Crippen LogP contribution in [-0.2, 0) is 5.60 Å². The normalized spacial score (nSPS) is 27.5. The molecular formula is C16H25NO2. The van der Waals surface area contributed by atoms with Crippen molar-refractivity contribution < 1.29 is 9.84 Å². The molecule has 1 N–H and O–H groups in total. The van der Waals surface area contributed by atoms with Gasteiger partial charge < -0.3 is 14.7 Å². The number of aliphatic hydroxyl groups is 1. The fourth-order valence-corrected chi connectivity index (χ4v) is 3.18. The van der Waals surface area contributed by atoms with Crippen LogP contribution in [0.15, 0.2) is 24.3 Å². The molecule has 1 saturated carbocycles. The van der Waals surface area contributed by atoms with Gasteiger partial charge in [0.25, 0.3) is 0 Å². The summed E-state index contributed by atoms with van der Waals surface area (Å²) in [5.74, 6) is 1.11. The highest BCUT2D eigenvalue weighted by Crippen LogP contribution is 2.42. The molecule has 1 aliphatic carbocycles. The highest BCUT2D eigenvalue weighted by Gasteiger charge is 2.40. The van der Waals surface area contributed by atoms with Crippen LogP contribution < -0.4 is 4.74 Å². The third-order valence-corrected chi connectivity index (χ3v) is 4.19. The van der Waals surface area contributed by atoms with Crippen LogP contribution in [0, 0.1) is 5.92 Å². The van der Waals surface area contributed by atoms with Gasteiger partial charge in [0, 0.05) is 12.5 Å². The molecular weight excluding hydrogens is 238 g/mol. The quantitative estimate of drug-likeness (QED) is 0.906. The van der Waals surface area contributed by atoms with Crippen LogP contribution in [0.5, 0.6) is 5.75 Å². The minimum Gasteiger partial charge on any atom is -0.497 e. The van der Waals surface area contributed by atoms with E-state index in [0.29, 0.717) is 5.92 Å². The molecule has 0 aromatic heterocycles. The first-order valence-corrected chi connectivity index (χ1v) is 7.08. The van der Waals surface area contributed by atoms with Crippen molar-refractivity contribution in [1.82, 2.24) is 4.90 Å². The van der Waals surface area contributed by atoms with Gasteiger partial charge in [0.15, 0.2) is 0 Å². The van der Waals surface area contributed by atoms with Crippen molar-refractivity contribution >= 4 is 0 Å². The molecule has 1 aliphatic rings. The van der Waals surface area contributed by atoms with Gasteiger partial charge in [-0.3, -0.25) is 0 Å². The Kier molecular flexibility index (Phi) is 4.48. The lowest BCUT2D eigenvalue weighted by molar-refractivity contribution is -0.0619. The molecule has 2 atom stereocenters. The molecule has 19 heavy (non-hydrogen) atoms. The summed E-state index contributed by atoms with van der Waals surface area (Å²) in [5.41, 5.74) is 0.287. The van der Waals surface area contributed by atoms with Gasteiger partial charge in [0.05, 0.1) is 12.7 Å². The van der Waals surface area contributed by atoms with Gasteiger partial charge in [0.1, 0.15) is 5.75 Å². The zero-order valence-electron chi connectivity index (χ0n) is 12.2. The Hall–Kier alpha value is -1.06. The highest BCUT2D eigenvalue weighted by atomic mass is 16.5. The molecule has 1 aromatic rings. The van der Waals surface area contributed by atoms with E-state index in [1.807, 2.05) is 24.3 Å². The first-order chi connectivity index (χ1) is 9.06. The fraction of sp³-hybridized carbons (Fsp3) is 0.625. The van der Waals surface area contributed by atoms with E-state index in [9.17, 15) is 5.11 Å². The van der Waals surface area contributed by atoms with E-state index >= 15 is 0 Å². The van der Waals surface area contributed by atoms with E-state index in [1.54, 1.807) is 7.11 Å². The second kappa shape index (κ2) is 5.93. The Morgan fingerprint density at radius 3 is 2.84 bits per heavy atom. The number of methoxy groups -OCH3 is 1. The maximum atomic E-state index is 11.2. The van der Waals surface area contributed by atoms with Gasteiger partial charge in [-0.05, 0) is 44.6 Å². The second-order valence-electron chi connectivity index (χ2n) is 5.86. The van der Waals surface area contributed by atoms with Crippen molar-refractivity contribution in [1.29, 1.82) is 0 Å². The van der Waals surface area contributed by atoms with Crippen LogP contribution in [0.4, 0.5) is 0 Å². The lowest BCUT2D eigenvalue weighted by Gasteiger charge is -2.41. The Bertz CT molecular complexity index is 419. The zero-order chi connectivity index (χ0) is 13.9. The number of hydrogen-bond acceptors (Lipinski definition) is 3. The van der Waals surface area contributed by atoms with Gasteiger partial charge in [0.2, 0.25) is 0 Å². The molecule has 0 amide bonds. The van der Waals surface area contributed by atoms with Crippen molar-refractivity contribution in [2.75, 3.05) is 27.7 Å². The SMILES string of the molecule is COc1cccc([C@@]2(O)CCCCC2CN(C)C)c1. The van der Waals surface area contributed by atoms with Gasteiger partial charge >= 0.3 is 0 Å². The van der Waals surface area contributed by atoms with Gasteiger partial charge in [-0.15, -0.1) is 0 Å². The Morgan fingerprint density at radius 2 is 2.16 bits per heavy atom. The van der Waals surface area contributed by atoms with E-state index in [-0.39, 0.29) is 0 Å². The smallest absolute Gasteiger partial charge is 0.119 e. The van der Waals surface area contributed by atoms with E-state index in [0.717, 1.165) is 37.1 Å². The first kappa shape index (κ1) is 14.4. The summed E-state index contributed by atoms with van der Waals surface area (Å²) in [6, 6.07) is 7.90. The van der Waals surface area contributed by atoms with Crippen molar-refractivity contribution in [3.8, 4) is 5.75 Å². The molecule has 0 aliphatic heterocycles. The summed E-state index contributed by atoms with van der Waals surface area (Å²) in [7, 11) is 5.81. The van der Waals surface area contributed by atoms with Crippen LogP contribution in [0.3, 0.4) is 0 Å². The van der Waals surface area contributed by atoms with Gasteiger partial charge in [-0.25, -0.2) is 0 Å². The maximum Gasteiger partial charge on any atom is 0.119 e. The predicted molar refractivity (Wildman–Crippen MR) is 77.4 cm³/mol. The lowest BCUT2D eigenvalue weighted by Crippen LogP contribution is -2.43. The average Bonchev–Trinajstić information content (AvgIpc) is 2.41. The molecule has 0 bridgehead atoms. The van der Waals surface area contributed by atoms with Crippen LogP contribution in [0.1, 0.15) is 31.2 Å². The maximum absolute atomic E-state index is 11.2. The lowest BCUT2D eigenvalue weighted by atomic mass is 9.71. The largest absolute Gasteiger partial charge is 0.497 e. The number of nitrogens with zero attached hydrogens (tertiary/aromatic N) is 1. The van der Waals surface area contributed by atoms with Crippen molar-refractivity contribution in [2.45, 2.75) is 31.3 Å². The number of rotatable bonds is 4. The molecule has 1 fully saturated rings. The van der Waals surface area contributed by atoms with E-state index < -0.39 is 5.60 Å². The third-order valence-electron chi connectivity index (χ3n) is 4.19.